The minimum absolute atomic E-state index is 0.488. The number of hydrogen-bond donors (Lipinski definition) is 1. The number of aliphatic hydroxyl groups is 1. The number of fused-ring (bicyclic) bond motifs is 1. The van der Waals surface area contributed by atoms with Crippen molar-refractivity contribution < 1.29 is 5.11 Å². The molecule has 0 aliphatic heterocycles. The van der Waals surface area contributed by atoms with Gasteiger partial charge in [-0.3, -0.25) is 0 Å². The fourth-order valence-electron chi connectivity index (χ4n) is 3.24. The number of hydrogen-bond acceptors (Lipinski definition) is 3. The van der Waals surface area contributed by atoms with Crippen molar-refractivity contribution in [3.05, 3.63) is 47.3 Å². The topological polar surface area (TPSA) is 50.9 Å². The molecule has 0 amide bonds. The average molecular weight is 271 g/mol. The highest BCUT2D eigenvalue weighted by Gasteiger charge is 2.40. The number of nitrogens with zero attached hydrogens (tertiary/aromatic N) is 3. The summed E-state index contributed by atoms with van der Waals surface area (Å²) in [7, 11) is 0. The quantitative estimate of drug-likeness (QED) is 0.934. The van der Waals surface area contributed by atoms with E-state index >= 15 is 0 Å². The van der Waals surface area contributed by atoms with Gasteiger partial charge in [0.25, 0.3) is 0 Å². The molecule has 106 valence electrons. The molecular formula is C16H21N3O. The van der Waals surface area contributed by atoms with Crippen molar-refractivity contribution >= 4 is 0 Å². The Hall–Kier alpha value is -1.68. The molecule has 0 radical (unpaired) electrons. The molecule has 20 heavy (non-hydrogen) atoms. The second-order valence-electron chi connectivity index (χ2n) is 5.73. The van der Waals surface area contributed by atoms with E-state index in [0.717, 1.165) is 37.1 Å². The molecule has 0 spiro atoms. The van der Waals surface area contributed by atoms with Crippen molar-refractivity contribution in [1.29, 1.82) is 0 Å². The van der Waals surface area contributed by atoms with Crippen LogP contribution >= 0.6 is 0 Å². The number of benzene rings is 1. The minimum Gasteiger partial charge on any atom is -0.379 e. The molecule has 2 atom stereocenters. The van der Waals surface area contributed by atoms with Crippen LogP contribution in [0.1, 0.15) is 55.8 Å². The summed E-state index contributed by atoms with van der Waals surface area (Å²) >= 11 is 0. The van der Waals surface area contributed by atoms with Crippen LogP contribution in [-0.4, -0.2) is 20.1 Å². The summed E-state index contributed by atoms with van der Waals surface area (Å²) in [4.78, 5) is 0. The molecule has 1 heterocycles. The Morgan fingerprint density at radius 1 is 1.40 bits per heavy atom. The standard InChI is InChI=1S/C16H21N3O/c1-3-10-19-15(11-17-18-19)16(20)9-8-12(2)13-6-4-5-7-14(13)16/h4-7,11-12,20H,3,8-10H2,1-2H3. The summed E-state index contributed by atoms with van der Waals surface area (Å²) in [5, 5.41) is 19.4. The van der Waals surface area contributed by atoms with Gasteiger partial charge in [-0.2, -0.15) is 0 Å². The summed E-state index contributed by atoms with van der Waals surface area (Å²) in [6, 6.07) is 8.20. The second-order valence-corrected chi connectivity index (χ2v) is 5.73. The van der Waals surface area contributed by atoms with Gasteiger partial charge >= 0.3 is 0 Å². The molecule has 4 nitrogen and oxygen atoms in total. The van der Waals surface area contributed by atoms with E-state index in [1.807, 2.05) is 22.9 Å². The molecular weight excluding hydrogens is 250 g/mol. The molecule has 1 N–H and O–H groups in total. The third-order valence-corrected chi connectivity index (χ3v) is 4.35. The maximum atomic E-state index is 11.3. The number of aryl methyl sites for hydroxylation is 1. The third kappa shape index (κ3) is 1.95. The lowest BCUT2D eigenvalue weighted by Crippen LogP contribution is -2.35. The van der Waals surface area contributed by atoms with Crippen LogP contribution in [0.4, 0.5) is 0 Å². The van der Waals surface area contributed by atoms with Gasteiger partial charge < -0.3 is 5.11 Å². The van der Waals surface area contributed by atoms with Crippen molar-refractivity contribution in [3.63, 3.8) is 0 Å². The molecule has 0 saturated heterocycles. The van der Waals surface area contributed by atoms with E-state index in [9.17, 15) is 5.11 Å². The molecule has 0 bridgehead atoms. The van der Waals surface area contributed by atoms with E-state index in [-0.39, 0.29) is 0 Å². The van der Waals surface area contributed by atoms with Crippen molar-refractivity contribution in [1.82, 2.24) is 15.0 Å². The Kier molecular flexibility index (Phi) is 3.34. The van der Waals surface area contributed by atoms with Gasteiger partial charge in [-0.25, -0.2) is 4.68 Å². The normalized spacial score (nSPS) is 25.4. The largest absolute Gasteiger partial charge is 0.379 e. The summed E-state index contributed by atoms with van der Waals surface area (Å²) in [5.74, 6) is 0.488. The Labute approximate surface area is 119 Å². The number of aromatic nitrogens is 3. The highest BCUT2D eigenvalue weighted by atomic mass is 16.3. The van der Waals surface area contributed by atoms with Crippen LogP contribution in [0.3, 0.4) is 0 Å². The maximum absolute atomic E-state index is 11.3. The summed E-state index contributed by atoms with van der Waals surface area (Å²) < 4.78 is 1.84. The zero-order chi connectivity index (χ0) is 14.2. The number of rotatable bonds is 3. The smallest absolute Gasteiger partial charge is 0.133 e. The molecule has 4 heteroatoms. The van der Waals surface area contributed by atoms with Gasteiger partial charge in [0.05, 0.1) is 11.9 Å². The predicted molar refractivity (Wildman–Crippen MR) is 77.4 cm³/mol. The Morgan fingerprint density at radius 3 is 3.00 bits per heavy atom. The van der Waals surface area contributed by atoms with E-state index in [0.29, 0.717) is 5.92 Å². The summed E-state index contributed by atoms with van der Waals surface area (Å²) in [5.41, 5.74) is 2.12. The first-order valence-corrected chi connectivity index (χ1v) is 7.37. The lowest BCUT2D eigenvalue weighted by molar-refractivity contribution is 0.0485. The predicted octanol–water partition coefficient (Wildman–Crippen LogP) is 2.82. The fourth-order valence-corrected chi connectivity index (χ4v) is 3.24. The second kappa shape index (κ2) is 5.02. The van der Waals surface area contributed by atoms with Gasteiger partial charge in [0.2, 0.25) is 0 Å². The molecule has 0 fully saturated rings. The van der Waals surface area contributed by atoms with Crippen LogP contribution in [0.2, 0.25) is 0 Å². The van der Waals surface area contributed by atoms with Crippen LogP contribution < -0.4 is 0 Å². The molecule has 1 aromatic carbocycles. The monoisotopic (exact) mass is 271 g/mol. The molecule has 1 aromatic heterocycles. The first-order chi connectivity index (χ1) is 9.66. The highest BCUT2D eigenvalue weighted by molar-refractivity contribution is 5.42. The molecule has 1 aliphatic carbocycles. The van der Waals surface area contributed by atoms with Crippen molar-refractivity contribution in [2.75, 3.05) is 0 Å². The lowest BCUT2D eigenvalue weighted by Gasteiger charge is -2.37. The van der Waals surface area contributed by atoms with Crippen molar-refractivity contribution in [2.45, 2.75) is 51.2 Å². The minimum atomic E-state index is -0.957. The van der Waals surface area contributed by atoms with Gasteiger partial charge in [0, 0.05) is 6.54 Å². The zero-order valence-corrected chi connectivity index (χ0v) is 12.1. The van der Waals surface area contributed by atoms with Gasteiger partial charge in [-0.05, 0) is 36.3 Å². The fraction of sp³-hybridized carbons (Fsp3) is 0.500. The summed E-state index contributed by atoms with van der Waals surface area (Å²) in [6.45, 7) is 5.11. The van der Waals surface area contributed by atoms with Crippen molar-refractivity contribution in [3.8, 4) is 0 Å². The van der Waals surface area contributed by atoms with Crippen molar-refractivity contribution in [2.24, 2.45) is 0 Å². The average Bonchev–Trinajstić information content (AvgIpc) is 2.93. The molecule has 1 aliphatic rings. The van der Waals surface area contributed by atoms with E-state index < -0.39 is 5.60 Å². The van der Waals surface area contributed by atoms with Crippen LogP contribution in [0.5, 0.6) is 0 Å². The van der Waals surface area contributed by atoms with Gasteiger partial charge in [-0.15, -0.1) is 5.10 Å². The van der Waals surface area contributed by atoms with Crippen LogP contribution in [0.15, 0.2) is 30.5 Å². The van der Waals surface area contributed by atoms with Crippen LogP contribution in [0.25, 0.3) is 0 Å². The van der Waals surface area contributed by atoms with Gasteiger partial charge in [-0.1, -0.05) is 43.3 Å². The Morgan fingerprint density at radius 2 is 2.20 bits per heavy atom. The molecule has 2 aromatic rings. The lowest BCUT2D eigenvalue weighted by atomic mass is 9.73. The molecule has 2 unspecified atom stereocenters. The summed E-state index contributed by atoms with van der Waals surface area (Å²) in [6.07, 6.45) is 4.39. The van der Waals surface area contributed by atoms with E-state index in [4.69, 9.17) is 0 Å². The molecule has 0 saturated carbocycles. The van der Waals surface area contributed by atoms with Gasteiger partial charge in [0.15, 0.2) is 0 Å². The first kappa shape index (κ1) is 13.3. The van der Waals surface area contributed by atoms with Gasteiger partial charge in [0.1, 0.15) is 5.60 Å². The SMILES string of the molecule is CCCn1nncc1C1(O)CCC(C)c2ccccc21. The van der Waals surface area contributed by atoms with E-state index in [1.165, 1.54) is 5.56 Å². The Bertz CT molecular complexity index is 607. The van der Waals surface area contributed by atoms with E-state index in [2.05, 4.69) is 30.2 Å². The third-order valence-electron chi connectivity index (χ3n) is 4.35. The van der Waals surface area contributed by atoms with E-state index in [1.54, 1.807) is 6.20 Å². The van der Waals surface area contributed by atoms with Crippen LogP contribution in [0, 0.1) is 0 Å². The molecule has 3 rings (SSSR count). The first-order valence-electron chi connectivity index (χ1n) is 7.37. The Balaban J connectivity index is 2.13. The zero-order valence-electron chi connectivity index (χ0n) is 12.1. The maximum Gasteiger partial charge on any atom is 0.133 e. The van der Waals surface area contributed by atoms with Crippen LogP contribution in [-0.2, 0) is 12.1 Å². The highest BCUT2D eigenvalue weighted by Crippen LogP contribution is 2.44.